The molecule has 0 saturated carbocycles. The van der Waals surface area contributed by atoms with Crippen LogP contribution in [0.15, 0.2) is 0 Å². The molecule has 0 atom stereocenters. The zero-order valence-electron chi connectivity index (χ0n) is 11.2. The fourth-order valence-corrected chi connectivity index (χ4v) is 7.09. The first-order valence-electron chi connectivity index (χ1n) is 5.35. The van der Waals surface area contributed by atoms with Gasteiger partial charge in [0.05, 0.1) is 0 Å². The highest BCUT2D eigenvalue weighted by atomic mass is 32.4. The van der Waals surface area contributed by atoms with Gasteiger partial charge < -0.3 is 0 Å². The second kappa shape index (κ2) is 4.18. The molecule has 92 valence electrons. The molecular weight excluding hydrogens is 226 g/mol. The Morgan fingerprint density at radius 2 is 1.13 bits per heavy atom. The maximum Gasteiger partial charge on any atom is 0.193 e. The SMILES string of the molecule is C[SiH](C)S(=O)(=O)N(C(C)(C)C)C(C)(C)C. The standard InChI is InChI=1S/C10H25NO2SSi/c1-9(2,3)11(10(4,5)6)14(12,13)15(7)8/h15H,1-8H3. The summed E-state index contributed by atoms with van der Waals surface area (Å²) < 4.78 is 26.3. The van der Waals surface area contributed by atoms with Gasteiger partial charge in [0.1, 0.15) is 0 Å². The van der Waals surface area contributed by atoms with Gasteiger partial charge in [0.25, 0.3) is 0 Å². The Morgan fingerprint density at radius 3 is 1.20 bits per heavy atom. The monoisotopic (exact) mass is 251 g/mol. The Morgan fingerprint density at radius 1 is 0.867 bits per heavy atom. The highest BCUT2D eigenvalue weighted by molar-refractivity contribution is 8.16. The Kier molecular flexibility index (Phi) is 4.22. The molecule has 5 heteroatoms. The van der Waals surface area contributed by atoms with E-state index in [1.807, 2.05) is 54.6 Å². The lowest BCUT2D eigenvalue weighted by atomic mass is 10.0. The molecule has 3 nitrogen and oxygen atoms in total. The average Bonchev–Trinajstić information content (AvgIpc) is 1.76. The van der Waals surface area contributed by atoms with Crippen molar-refractivity contribution in [3.63, 3.8) is 0 Å². The molecule has 0 aromatic heterocycles. The summed E-state index contributed by atoms with van der Waals surface area (Å²) in [5.74, 6) is 0. The van der Waals surface area contributed by atoms with Crippen LogP contribution in [0, 0.1) is 0 Å². The van der Waals surface area contributed by atoms with Crippen molar-refractivity contribution in [2.24, 2.45) is 0 Å². The first kappa shape index (κ1) is 15.1. The third kappa shape index (κ3) is 3.57. The predicted molar refractivity (Wildman–Crippen MR) is 69.1 cm³/mol. The van der Waals surface area contributed by atoms with Crippen LogP contribution in [0.5, 0.6) is 0 Å². The Hall–Kier alpha value is 0.127. The van der Waals surface area contributed by atoms with Crippen molar-refractivity contribution in [1.82, 2.24) is 4.31 Å². The minimum absolute atomic E-state index is 0.353. The van der Waals surface area contributed by atoms with Gasteiger partial charge in [-0.15, -0.1) is 0 Å². The van der Waals surface area contributed by atoms with Crippen molar-refractivity contribution in [2.45, 2.75) is 65.7 Å². The molecule has 0 fully saturated rings. The second-order valence-electron chi connectivity index (χ2n) is 6.20. The van der Waals surface area contributed by atoms with E-state index in [0.717, 1.165) is 0 Å². The van der Waals surface area contributed by atoms with Crippen LogP contribution in [0.1, 0.15) is 41.5 Å². The number of hydrogen-bond donors (Lipinski definition) is 0. The fraction of sp³-hybridized carbons (Fsp3) is 1.00. The van der Waals surface area contributed by atoms with Crippen molar-refractivity contribution >= 4 is 17.4 Å². The summed E-state index contributed by atoms with van der Waals surface area (Å²) in [5.41, 5.74) is -0.706. The molecule has 0 aromatic rings. The van der Waals surface area contributed by atoms with Gasteiger partial charge >= 0.3 is 0 Å². The summed E-state index contributed by atoms with van der Waals surface area (Å²) in [6.45, 7) is 15.4. The summed E-state index contributed by atoms with van der Waals surface area (Å²) in [4.78, 5) is 0. The van der Waals surface area contributed by atoms with Crippen LogP contribution in [0.3, 0.4) is 0 Å². The molecule has 0 heterocycles. The van der Waals surface area contributed by atoms with Gasteiger partial charge in [-0.2, -0.15) is 4.31 Å². The van der Waals surface area contributed by atoms with Gasteiger partial charge in [0.15, 0.2) is 17.4 Å². The van der Waals surface area contributed by atoms with E-state index in [4.69, 9.17) is 0 Å². The Labute approximate surface area is 96.2 Å². The van der Waals surface area contributed by atoms with E-state index < -0.39 is 17.4 Å². The molecule has 0 saturated heterocycles. The molecule has 0 rings (SSSR count). The van der Waals surface area contributed by atoms with Crippen LogP contribution in [-0.2, 0) is 9.47 Å². The van der Waals surface area contributed by atoms with E-state index in [1.165, 1.54) is 0 Å². The van der Waals surface area contributed by atoms with Crippen molar-refractivity contribution in [3.05, 3.63) is 0 Å². The highest BCUT2D eigenvalue weighted by Crippen LogP contribution is 2.29. The first-order chi connectivity index (χ1) is 6.31. The smallest absolute Gasteiger partial charge is 0.193 e. The quantitative estimate of drug-likeness (QED) is 0.706. The summed E-state index contributed by atoms with van der Waals surface area (Å²) in [6, 6.07) is 0. The Balaban J connectivity index is 5.55. The van der Waals surface area contributed by atoms with E-state index in [0.29, 0.717) is 0 Å². The van der Waals surface area contributed by atoms with Crippen LogP contribution in [0.4, 0.5) is 0 Å². The fourth-order valence-electron chi connectivity index (χ4n) is 1.98. The van der Waals surface area contributed by atoms with Crippen LogP contribution >= 0.6 is 0 Å². The molecule has 0 bridgehead atoms. The molecule has 0 aromatic carbocycles. The van der Waals surface area contributed by atoms with Crippen molar-refractivity contribution in [3.8, 4) is 0 Å². The molecular formula is C10H25NO2SSi. The molecule has 0 aliphatic carbocycles. The van der Waals surface area contributed by atoms with Crippen LogP contribution in [0.25, 0.3) is 0 Å². The third-order valence-electron chi connectivity index (χ3n) is 2.07. The molecule has 0 unspecified atom stereocenters. The zero-order valence-corrected chi connectivity index (χ0v) is 13.2. The molecule has 15 heavy (non-hydrogen) atoms. The van der Waals surface area contributed by atoms with E-state index in [2.05, 4.69) is 0 Å². The van der Waals surface area contributed by atoms with Gasteiger partial charge in [0.2, 0.25) is 0 Å². The molecule has 0 aliphatic heterocycles. The van der Waals surface area contributed by atoms with E-state index in [9.17, 15) is 8.42 Å². The molecule has 0 radical (unpaired) electrons. The lowest BCUT2D eigenvalue weighted by Crippen LogP contribution is -2.58. The largest absolute Gasteiger partial charge is 0.221 e. The minimum atomic E-state index is -3.08. The van der Waals surface area contributed by atoms with Crippen molar-refractivity contribution in [1.29, 1.82) is 0 Å². The number of rotatable bonds is 2. The van der Waals surface area contributed by atoms with Crippen molar-refractivity contribution in [2.75, 3.05) is 0 Å². The maximum atomic E-state index is 12.3. The third-order valence-corrected chi connectivity index (χ3v) is 9.07. The molecule has 0 N–H and O–H groups in total. The van der Waals surface area contributed by atoms with Gasteiger partial charge in [-0.1, -0.05) is 13.1 Å². The lowest BCUT2D eigenvalue weighted by molar-refractivity contribution is 0.143. The molecule has 0 spiro atoms. The van der Waals surface area contributed by atoms with E-state index >= 15 is 0 Å². The second-order valence-corrected chi connectivity index (χ2v) is 14.3. The Bertz CT molecular complexity index is 295. The minimum Gasteiger partial charge on any atom is -0.221 e. The zero-order chi connectivity index (χ0) is 12.7. The van der Waals surface area contributed by atoms with Crippen molar-refractivity contribution < 1.29 is 8.42 Å². The summed E-state index contributed by atoms with van der Waals surface area (Å²) in [6.07, 6.45) is 0. The molecule has 0 aliphatic rings. The lowest BCUT2D eigenvalue weighted by Gasteiger charge is -2.45. The van der Waals surface area contributed by atoms with Gasteiger partial charge in [-0.3, -0.25) is 0 Å². The summed E-state index contributed by atoms with van der Waals surface area (Å²) in [7, 11) is -4.82. The maximum absolute atomic E-state index is 12.3. The van der Waals surface area contributed by atoms with E-state index in [1.54, 1.807) is 4.31 Å². The van der Waals surface area contributed by atoms with Gasteiger partial charge in [-0.25, -0.2) is 8.42 Å². The normalized spacial score (nSPS) is 15.1. The highest BCUT2D eigenvalue weighted by Gasteiger charge is 2.42. The van der Waals surface area contributed by atoms with Gasteiger partial charge in [-0.05, 0) is 41.5 Å². The number of hydrogen-bond acceptors (Lipinski definition) is 2. The summed E-state index contributed by atoms with van der Waals surface area (Å²) in [5, 5.41) is 0. The van der Waals surface area contributed by atoms with Crippen LogP contribution < -0.4 is 0 Å². The summed E-state index contributed by atoms with van der Waals surface area (Å²) >= 11 is 0. The van der Waals surface area contributed by atoms with E-state index in [-0.39, 0.29) is 11.1 Å². The van der Waals surface area contributed by atoms with Crippen LogP contribution in [0.2, 0.25) is 13.1 Å². The van der Waals surface area contributed by atoms with Gasteiger partial charge in [0, 0.05) is 11.1 Å². The number of nitrogens with zero attached hydrogens (tertiary/aromatic N) is 1. The topological polar surface area (TPSA) is 37.4 Å². The van der Waals surface area contributed by atoms with Crippen LogP contribution in [-0.4, -0.2) is 31.7 Å². The predicted octanol–water partition coefficient (Wildman–Crippen LogP) is 2.20. The average molecular weight is 251 g/mol. The molecule has 0 amide bonds. The first-order valence-corrected chi connectivity index (χ1v) is 10.6.